The summed E-state index contributed by atoms with van der Waals surface area (Å²) >= 11 is 5.78. The Balaban J connectivity index is 2.33. The Morgan fingerprint density at radius 1 is 1.47 bits per heavy atom. The molecule has 1 saturated carbocycles. The molecule has 19 heavy (non-hydrogen) atoms. The molecule has 3 N–H and O–H groups in total. The van der Waals surface area contributed by atoms with Gasteiger partial charge in [-0.1, -0.05) is 17.7 Å². The van der Waals surface area contributed by atoms with Gasteiger partial charge in [0.2, 0.25) is 5.92 Å². The number of aliphatic carboxylic acids is 1. The maximum absolute atomic E-state index is 12.9. The van der Waals surface area contributed by atoms with E-state index in [4.69, 9.17) is 22.4 Å². The van der Waals surface area contributed by atoms with Crippen molar-refractivity contribution in [3.8, 4) is 0 Å². The molecule has 0 aromatic heterocycles. The van der Waals surface area contributed by atoms with Gasteiger partial charge in [0.15, 0.2) is 0 Å². The lowest BCUT2D eigenvalue weighted by Crippen LogP contribution is -2.36. The SMILES string of the molecule is Nc1cc(/C(=C\C(=O)O)C2CC(F)(F)C2)ccc1Cl. The van der Waals surface area contributed by atoms with Crippen molar-refractivity contribution >= 4 is 28.8 Å². The summed E-state index contributed by atoms with van der Waals surface area (Å²) in [6.45, 7) is 0. The van der Waals surface area contributed by atoms with E-state index in [1.807, 2.05) is 0 Å². The summed E-state index contributed by atoms with van der Waals surface area (Å²) in [6.07, 6.45) is 0.284. The molecule has 0 atom stereocenters. The van der Waals surface area contributed by atoms with Crippen LogP contribution in [0.3, 0.4) is 0 Å². The first-order chi connectivity index (χ1) is 8.78. The van der Waals surface area contributed by atoms with Gasteiger partial charge in [-0.15, -0.1) is 0 Å². The van der Waals surface area contributed by atoms with Crippen molar-refractivity contribution in [2.45, 2.75) is 18.8 Å². The molecule has 1 fully saturated rings. The summed E-state index contributed by atoms with van der Waals surface area (Å²) in [6, 6.07) is 4.62. The van der Waals surface area contributed by atoms with E-state index in [1.54, 1.807) is 6.07 Å². The summed E-state index contributed by atoms with van der Waals surface area (Å²) in [4.78, 5) is 10.8. The molecule has 0 aliphatic heterocycles. The Hall–Kier alpha value is -1.62. The molecule has 2 rings (SSSR count). The third-order valence-corrected chi connectivity index (χ3v) is 3.48. The Kier molecular flexibility index (Phi) is 3.49. The van der Waals surface area contributed by atoms with E-state index >= 15 is 0 Å². The number of carboxylic acids is 1. The van der Waals surface area contributed by atoms with Crippen molar-refractivity contribution < 1.29 is 18.7 Å². The van der Waals surface area contributed by atoms with Crippen LogP contribution in [-0.4, -0.2) is 17.0 Å². The zero-order valence-corrected chi connectivity index (χ0v) is 10.6. The van der Waals surface area contributed by atoms with Gasteiger partial charge in [-0.05, 0) is 29.2 Å². The van der Waals surface area contributed by atoms with Gasteiger partial charge in [0, 0.05) is 18.9 Å². The van der Waals surface area contributed by atoms with Crippen molar-refractivity contribution in [2.24, 2.45) is 5.92 Å². The molecule has 0 amide bonds. The lowest BCUT2D eigenvalue weighted by molar-refractivity contribution is -0.131. The van der Waals surface area contributed by atoms with Crippen molar-refractivity contribution in [3.63, 3.8) is 0 Å². The summed E-state index contributed by atoms with van der Waals surface area (Å²) in [7, 11) is 0. The third kappa shape index (κ3) is 3.04. The third-order valence-electron chi connectivity index (χ3n) is 3.14. The van der Waals surface area contributed by atoms with Crippen LogP contribution >= 0.6 is 11.6 Å². The second-order valence-electron chi connectivity index (χ2n) is 4.64. The standard InChI is InChI=1S/C13H12ClF2NO2/c14-10-2-1-7(3-11(10)17)9(4-12(18)19)8-5-13(15,16)6-8/h1-4,8H,5-6,17H2,(H,18,19)/b9-4+. The van der Waals surface area contributed by atoms with Crippen molar-refractivity contribution in [2.75, 3.05) is 5.73 Å². The van der Waals surface area contributed by atoms with Crippen molar-refractivity contribution in [3.05, 3.63) is 34.9 Å². The zero-order valence-electron chi connectivity index (χ0n) is 9.87. The van der Waals surface area contributed by atoms with E-state index in [0.29, 0.717) is 21.8 Å². The van der Waals surface area contributed by atoms with Gasteiger partial charge in [0.05, 0.1) is 10.7 Å². The minimum atomic E-state index is -2.71. The molecule has 1 aliphatic rings. The highest BCUT2D eigenvalue weighted by Gasteiger charge is 2.47. The molecule has 102 valence electrons. The van der Waals surface area contributed by atoms with Crippen molar-refractivity contribution in [1.29, 1.82) is 0 Å². The predicted molar refractivity (Wildman–Crippen MR) is 69.1 cm³/mol. The smallest absolute Gasteiger partial charge is 0.328 e. The molecule has 0 bridgehead atoms. The number of nitrogen functional groups attached to an aromatic ring is 1. The van der Waals surface area contributed by atoms with E-state index in [0.717, 1.165) is 6.08 Å². The Morgan fingerprint density at radius 3 is 2.58 bits per heavy atom. The van der Waals surface area contributed by atoms with Gasteiger partial charge in [-0.2, -0.15) is 0 Å². The highest BCUT2D eigenvalue weighted by atomic mass is 35.5. The fraction of sp³-hybridized carbons (Fsp3) is 0.308. The number of carbonyl (C=O) groups is 1. The van der Waals surface area contributed by atoms with Gasteiger partial charge >= 0.3 is 5.97 Å². The van der Waals surface area contributed by atoms with E-state index in [2.05, 4.69) is 0 Å². The lowest BCUT2D eigenvalue weighted by Gasteiger charge is -2.36. The van der Waals surface area contributed by atoms with Crippen LogP contribution in [0.5, 0.6) is 0 Å². The quantitative estimate of drug-likeness (QED) is 0.661. The van der Waals surface area contributed by atoms with Gasteiger partial charge < -0.3 is 10.8 Å². The number of hydrogen-bond acceptors (Lipinski definition) is 2. The summed E-state index contributed by atoms with van der Waals surface area (Å²) < 4.78 is 25.8. The molecule has 0 unspecified atom stereocenters. The molecule has 0 spiro atoms. The first kappa shape index (κ1) is 13.8. The number of anilines is 1. The van der Waals surface area contributed by atoms with E-state index in [-0.39, 0.29) is 12.8 Å². The fourth-order valence-electron chi connectivity index (χ4n) is 2.17. The number of rotatable bonds is 3. The van der Waals surface area contributed by atoms with Crippen LogP contribution in [0.4, 0.5) is 14.5 Å². The van der Waals surface area contributed by atoms with Crippen LogP contribution in [0.2, 0.25) is 5.02 Å². The van der Waals surface area contributed by atoms with Gasteiger partial charge in [-0.25, -0.2) is 13.6 Å². The normalized spacial score (nSPS) is 19.0. The molecule has 0 saturated heterocycles. The molecular formula is C13H12ClF2NO2. The van der Waals surface area contributed by atoms with E-state index < -0.39 is 17.8 Å². The highest BCUT2D eigenvalue weighted by molar-refractivity contribution is 6.33. The van der Waals surface area contributed by atoms with Crippen LogP contribution < -0.4 is 5.73 Å². The fourth-order valence-corrected chi connectivity index (χ4v) is 2.29. The maximum Gasteiger partial charge on any atom is 0.328 e. The Labute approximate surface area is 113 Å². The monoisotopic (exact) mass is 287 g/mol. The molecule has 0 radical (unpaired) electrons. The number of benzene rings is 1. The predicted octanol–water partition coefficient (Wildman–Crippen LogP) is 3.44. The summed E-state index contributed by atoms with van der Waals surface area (Å²) in [5, 5.41) is 9.19. The molecule has 1 aliphatic carbocycles. The second kappa shape index (κ2) is 4.81. The first-order valence-corrected chi connectivity index (χ1v) is 6.04. The van der Waals surface area contributed by atoms with E-state index in [9.17, 15) is 13.6 Å². The van der Waals surface area contributed by atoms with Crippen LogP contribution in [0.1, 0.15) is 18.4 Å². The zero-order chi connectivity index (χ0) is 14.2. The number of hydrogen-bond donors (Lipinski definition) is 2. The number of nitrogens with two attached hydrogens (primary N) is 1. The molecule has 3 nitrogen and oxygen atoms in total. The minimum Gasteiger partial charge on any atom is -0.478 e. The first-order valence-electron chi connectivity index (χ1n) is 5.66. The molecule has 0 heterocycles. The topological polar surface area (TPSA) is 63.3 Å². The maximum atomic E-state index is 12.9. The average molecular weight is 288 g/mol. The number of halogens is 3. The lowest BCUT2D eigenvalue weighted by atomic mass is 9.74. The van der Waals surface area contributed by atoms with Crippen molar-refractivity contribution in [1.82, 2.24) is 0 Å². The summed E-state index contributed by atoms with van der Waals surface area (Å²) in [5.74, 6) is -4.34. The number of allylic oxidation sites excluding steroid dienone is 1. The number of carboxylic acid groups (broad SMARTS) is 1. The Bertz CT molecular complexity index is 550. The van der Waals surface area contributed by atoms with Crippen LogP contribution in [0, 0.1) is 5.92 Å². The van der Waals surface area contributed by atoms with Gasteiger partial charge in [-0.3, -0.25) is 0 Å². The molecule has 6 heteroatoms. The van der Waals surface area contributed by atoms with Crippen LogP contribution in [0.25, 0.3) is 5.57 Å². The molecule has 1 aromatic rings. The molecular weight excluding hydrogens is 276 g/mol. The minimum absolute atomic E-state index is 0.293. The summed E-state index contributed by atoms with van der Waals surface area (Å²) in [5.41, 5.74) is 6.82. The van der Waals surface area contributed by atoms with E-state index in [1.165, 1.54) is 12.1 Å². The van der Waals surface area contributed by atoms with Crippen LogP contribution in [-0.2, 0) is 4.79 Å². The second-order valence-corrected chi connectivity index (χ2v) is 5.04. The van der Waals surface area contributed by atoms with Gasteiger partial charge in [0.25, 0.3) is 0 Å². The highest BCUT2D eigenvalue weighted by Crippen LogP contribution is 2.49. The molecule has 1 aromatic carbocycles. The van der Waals surface area contributed by atoms with Gasteiger partial charge in [0.1, 0.15) is 0 Å². The number of alkyl halides is 2. The van der Waals surface area contributed by atoms with Crippen LogP contribution in [0.15, 0.2) is 24.3 Å². The Morgan fingerprint density at radius 2 is 2.11 bits per heavy atom. The largest absolute Gasteiger partial charge is 0.478 e. The average Bonchev–Trinajstić information content (AvgIpc) is 2.26.